The molecule has 34 heavy (non-hydrogen) atoms. The fourth-order valence-corrected chi connectivity index (χ4v) is 5.24. The average Bonchev–Trinajstić information content (AvgIpc) is 2.84. The highest BCUT2D eigenvalue weighted by atomic mass is 32.2. The lowest BCUT2D eigenvalue weighted by Crippen LogP contribution is -1.96. The van der Waals surface area contributed by atoms with Crippen molar-refractivity contribution in [3.63, 3.8) is 0 Å². The minimum absolute atomic E-state index is 0.782. The number of nitrogens with zero attached hydrogens (tertiary/aromatic N) is 2. The maximum atomic E-state index is 4.64. The van der Waals surface area contributed by atoms with E-state index in [2.05, 4.69) is 68.0 Å². The molecule has 2 aromatic rings. The zero-order chi connectivity index (χ0) is 24.4. The minimum Gasteiger partial charge on any atom is -0.236 e. The number of aryl methyl sites for hydroxylation is 1. The second-order valence-electron chi connectivity index (χ2n) is 10.1. The van der Waals surface area contributed by atoms with E-state index in [1.54, 1.807) is 0 Å². The van der Waals surface area contributed by atoms with Gasteiger partial charge in [0.05, 0.1) is 0 Å². The van der Waals surface area contributed by atoms with Crippen LogP contribution in [0.2, 0.25) is 0 Å². The summed E-state index contributed by atoms with van der Waals surface area (Å²) in [5.41, 5.74) is 3.80. The first kappa shape index (κ1) is 28.6. The van der Waals surface area contributed by atoms with E-state index in [0.29, 0.717) is 0 Å². The molecule has 0 aliphatic carbocycles. The molecular formula is C31H48N2S. The van der Waals surface area contributed by atoms with Gasteiger partial charge in [-0.1, -0.05) is 89.0 Å². The van der Waals surface area contributed by atoms with Gasteiger partial charge in [0.15, 0.2) is 5.82 Å². The van der Waals surface area contributed by atoms with Crippen molar-refractivity contribution in [1.29, 1.82) is 0 Å². The van der Waals surface area contributed by atoms with Crippen LogP contribution >= 0.6 is 11.8 Å². The fraction of sp³-hybridized carbons (Fsp3) is 0.613. The monoisotopic (exact) mass is 480 g/mol. The van der Waals surface area contributed by atoms with Gasteiger partial charge in [-0.15, -0.1) is 11.8 Å². The Hall–Kier alpha value is -1.61. The summed E-state index contributed by atoms with van der Waals surface area (Å²) in [6, 6.07) is 8.76. The highest BCUT2D eigenvalue weighted by Crippen LogP contribution is 2.25. The molecule has 0 aliphatic rings. The number of unbranched alkanes of at least 4 members (excludes halogenated alkanes) is 8. The Morgan fingerprint density at radius 1 is 0.853 bits per heavy atom. The maximum absolute atomic E-state index is 4.64. The normalized spacial score (nSPS) is 12.0. The number of aromatic nitrogens is 2. The predicted molar refractivity (Wildman–Crippen MR) is 152 cm³/mol. The molecule has 188 valence electrons. The van der Waals surface area contributed by atoms with Gasteiger partial charge in [-0.05, 0) is 75.3 Å². The molecule has 0 bridgehead atoms. The molecule has 0 radical (unpaired) electrons. The summed E-state index contributed by atoms with van der Waals surface area (Å²) in [6.45, 7) is 9.02. The van der Waals surface area contributed by atoms with Crippen LogP contribution in [0.25, 0.3) is 11.4 Å². The van der Waals surface area contributed by atoms with E-state index in [9.17, 15) is 0 Å². The number of rotatable bonds is 18. The highest BCUT2D eigenvalue weighted by molar-refractivity contribution is 7.99. The van der Waals surface area contributed by atoms with Crippen molar-refractivity contribution in [2.75, 3.05) is 5.75 Å². The third-order valence-electron chi connectivity index (χ3n) is 6.48. The summed E-state index contributed by atoms with van der Waals surface area (Å²) in [4.78, 5) is 10.6. The third-order valence-corrected chi connectivity index (χ3v) is 7.52. The highest BCUT2D eigenvalue weighted by Gasteiger charge is 2.05. The third kappa shape index (κ3) is 12.7. The molecule has 1 aromatic heterocycles. The van der Waals surface area contributed by atoms with E-state index in [4.69, 9.17) is 0 Å². The summed E-state index contributed by atoms with van der Waals surface area (Å²) in [7, 11) is 0. The summed E-state index contributed by atoms with van der Waals surface area (Å²) in [5.74, 6) is 2.80. The summed E-state index contributed by atoms with van der Waals surface area (Å²) in [6.07, 6.45) is 23.6. The topological polar surface area (TPSA) is 25.8 Å². The van der Waals surface area contributed by atoms with E-state index < -0.39 is 0 Å². The van der Waals surface area contributed by atoms with E-state index >= 15 is 0 Å². The summed E-state index contributed by atoms with van der Waals surface area (Å²) >= 11 is 1.96. The summed E-state index contributed by atoms with van der Waals surface area (Å²) < 4.78 is 0. The van der Waals surface area contributed by atoms with Crippen LogP contribution in [0, 0.1) is 5.92 Å². The van der Waals surface area contributed by atoms with Crippen LogP contribution in [-0.2, 0) is 6.42 Å². The second kappa shape index (κ2) is 17.8. The molecule has 1 unspecified atom stereocenters. The lowest BCUT2D eigenvalue weighted by atomic mass is 10.0. The first-order valence-electron chi connectivity index (χ1n) is 13.8. The zero-order valence-corrected chi connectivity index (χ0v) is 23.1. The van der Waals surface area contributed by atoms with Gasteiger partial charge in [-0.3, -0.25) is 0 Å². The molecule has 1 heterocycles. The van der Waals surface area contributed by atoms with Gasteiger partial charge in [-0.25, -0.2) is 9.97 Å². The SMILES string of the molecule is CCCCCCCCCCCc1cnc(-c2ccc(SCCC(C)CCC=C(C)C)cc2)nc1. The van der Waals surface area contributed by atoms with Crippen LogP contribution in [0.3, 0.4) is 0 Å². The lowest BCUT2D eigenvalue weighted by Gasteiger charge is -2.10. The van der Waals surface area contributed by atoms with Gasteiger partial charge in [-0.2, -0.15) is 0 Å². The molecule has 0 fully saturated rings. The Kier molecular flexibility index (Phi) is 15.0. The van der Waals surface area contributed by atoms with Crippen molar-refractivity contribution in [3.8, 4) is 11.4 Å². The van der Waals surface area contributed by atoms with Crippen molar-refractivity contribution in [3.05, 3.63) is 53.9 Å². The first-order valence-corrected chi connectivity index (χ1v) is 14.7. The van der Waals surface area contributed by atoms with Crippen LogP contribution in [0.1, 0.15) is 110 Å². The van der Waals surface area contributed by atoms with Crippen molar-refractivity contribution in [1.82, 2.24) is 9.97 Å². The average molecular weight is 481 g/mol. The Morgan fingerprint density at radius 3 is 2.09 bits per heavy atom. The smallest absolute Gasteiger partial charge is 0.159 e. The lowest BCUT2D eigenvalue weighted by molar-refractivity contribution is 0.525. The minimum atomic E-state index is 0.782. The Morgan fingerprint density at radius 2 is 1.47 bits per heavy atom. The summed E-state index contributed by atoms with van der Waals surface area (Å²) in [5, 5.41) is 0. The molecule has 2 rings (SSSR count). The fourth-order valence-electron chi connectivity index (χ4n) is 4.15. The molecular weight excluding hydrogens is 432 g/mol. The number of thioether (sulfide) groups is 1. The molecule has 0 saturated heterocycles. The molecule has 1 atom stereocenters. The molecule has 2 nitrogen and oxygen atoms in total. The predicted octanol–water partition coefficient (Wildman–Crippen LogP) is 10.1. The molecule has 3 heteroatoms. The maximum Gasteiger partial charge on any atom is 0.159 e. The molecule has 0 amide bonds. The number of hydrogen-bond acceptors (Lipinski definition) is 3. The zero-order valence-electron chi connectivity index (χ0n) is 22.3. The Balaban J connectivity index is 1.64. The molecule has 0 N–H and O–H groups in total. The Bertz CT molecular complexity index is 791. The van der Waals surface area contributed by atoms with E-state index in [1.807, 2.05) is 24.2 Å². The molecule has 0 spiro atoms. The Labute approximate surface area is 214 Å². The van der Waals surface area contributed by atoms with Crippen molar-refractivity contribution in [2.24, 2.45) is 5.92 Å². The standard InChI is InChI=1S/C31H48N2S/c1-5-6-7-8-9-10-11-12-13-17-28-24-32-31(33-25-28)29-18-20-30(21-19-29)34-23-22-27(4)16-14-15-26(2)3/h15,18-21,24-25,27H,5-14,16-17,22-23H2,1-4H3. The van der Waals surface area contributed by atoms with Crippen molar-refractivity contribution < 1.29 is 0 Å². The van der Waals surface area contributed by atoms with Gasteiger partial charge in [0.2, 0.25) is 0 Å². The van der Waals surface area contributed by atoms with Crippen molar-refractivity contribution >= 4 is 11.8 Å². The number of benzene rings is 1. The van der Waals surface area contributed by atoms with Crippen LogP contribution in [0.5, 0.6) is 0 Å². The van der Waals surface area contributed by atoms with Crippen LogP contribution in [-0.4, -0.2) is 15.7 Å². The first-order chi connectivity index (χ1) is 16.6. The van der Waals surface area contributed by atoms with Gasteiger partial charge in [0.1, 0.15) is 0 Å². The molecule has 0 aliphatic heterocycles. The van der Waals surface area contributed by atoms with Gasteiger partial charge < -0.3 is 0 Å². The van der Waals surface area contributed by atoms with Gasteiger partial charge in [0, 0.05) is 22.9 Å². The van der Waals surface area contributed by atoms with Gasteiger partial charge >= 0.3 is 0 Å². The van der Waals surface area contributed by atoms with E-state index in [1.165, 1.54) is 98.8 Å². The second-order valence-corrected chi connectivity index (χ2v) is 11.3. The van der Waals surface area contributed by atoms with Crippen LogP contribution in [0.4, 0.5) is 0 Å². The van der Waals surface area contributed by atoms with E-state index in [0.717, 1.165) is 23.7 Å². The van der Waals surface area contributed by atoms with Crippen LogP contribution in [0.15, 0.2) is 53.2 Å². The number of hydrogen-bond donors (Lipinski definition) is 0. The van der Waals surface area contributed by atoms with Crippen molar-refractivity contribution in [2.45, 2.75) is 116 Å². The van der Waals surface area contributed by atoms with Crippen LogP contribution < -0.4 is 0 Å². The van der Waals surface area contributed by atoms with Gasteiger partial charge in [0.25, 0.3) is 0 Å². The molecule has 1 aromatic carbocycles. The quantitative estimate of drug-likeness (QED) is 0.120. The van der Waals surface area contributed by atoms with E-state index in [-0.39, 0.29) is 0 Å². The molecule has 0 saturated carbocycles. The largest absolute Gasteiger partial charge is 0.236 e. The number of allylic oxidation sites excluding steroid dienone is 2.